The molecule has 3 rings (SSSR count). The number of piperazine rings is 1. The van der Waals surface area contributed by atoms with E-state index in [9.17, 15) is 9.90 Å². The Morgan fingerprint density at radius 3 is 2.78 bits per heavy atom. The zero-order valence-corrected chi connectivity index (χ0v) is 20.1. The Bertz CT molecular complexity index is 721. The van der Waals surface area contributed by atoms with E-state index in [0.29, 0.717) is 12.0 Å². The molecular formula is C24H42N6O2. The van der Waals surface area contributed by atoms with Crippen LogP contribution in [0.5, 0.6) is 0 Å². The highest BCUT2D eigenvalue weighted by Gasteiger charge is 2.44. The number of aliphatic hydroxyl groups excluding tert-OH is 1. The van der Waals surface area contributed by atoms with Crippen LogP contribution < -0.4 is 21.3 Å². The molecule has 8 heteroatoms. The number of carbonyl (C=O) groups is 1. The Labute approximate surface area is 193 Å². The molecule has 180 valence electrons. The number of nitrogens with zero attached hydrogens (tertiary/aromatic N) is 2. The van der Waals surface area contributed by atoms with E-state index < -0.39 is 6.35 Å². The van der Waals surface area contributed by atoms with Gasteiger partial charge >= 0.3 is 0 Å². The number of aliphatic hydroxyl groups is 1. The fourth-order valence-electron chi connectivity index (χ4n) is 4.92. The maximum atomic E-state index is 12.4. The number of likely N-dealkylation sites (N-methyl/N-ethyl adjacent to an activating group) is 1. The van der Waals surface area contributed by atoms with Crippen LogP contribution in [0.4, 0.5) is 0 Å². The highest BCUT2D eigenvalue weighted by atomic mass is 16.3. The molecule has 0 aromatic rings. The average molecular weight is 447 g/mol. The van der Waals surface area contributed by atoms with Gasteiger partial charge in [0.2, 0.25) is 5.91 Å². The van der Waals surface area contributed by atoms with Crippen LogP contribution in [0.25, 0.3) is 0 Å². The molecule has 2 heterocycles. The zero-order valence-electron chi connectivity index (χ0n) is 20.1. The van der Waals surface area contributed by atoms with Crippen molar-refractivity contribution in [3.05, 3.63) is 36.0 Å². The lowest BCUT2D eigenvalue weighted by atomic mass is 9.92. The monoisotopic (exact) mass is 446 g/mol. The van der Waals surface area contributed by atoms with Crippen LogP contribution in [0.15, 0.2) is 36.0 Å². The summed E-state index contributed by atoms with van der Waals surface area (Å²) in [6, 6.07) is 0.410. The summed E-state index contributed by atoms with van der Waals surface area (Å²) in [4.78, 5) is 17.0. The van der Waals surface area contributed by atoms with Crippen molar-refractivity contribution < 1.29 is 9.90 Å². The summed E-state index contributed by atoms with van der Waals surface area (Å²) >= 11 is 0. The first kappa shape index (κ1) is 25.1. The van der Waals surface area contributed by atoms with E-state index in [-0.39, 0.29) is 24.2 Å². The molecule has 6 unspecified atom stereocenters. The van der Waals surface area contributed by atoms with Gasteiger partial charge < -0.3 is 26.0 Å². The zero-order chi connectivity index (χ0) is 23.3. The van der Waals surface area contributed by atoms with Crippen molar-refractivity contribution in [1.82, 2.24) is 31.1 Å². The van der Waals surface area contributed by atoms with Crippen LogP contribution >= 0.6 is 0 Å². The number of amides is 1. The topological polar surface area (TPSA) is 91.9 Å². The van der Waals surface area contributed by atoms with Gasteiger partial charge in [-0.2, -0.15) is 0 Å². The number of rotatable bonds is 9. The molecule has 0 bridgehead atoms. The van der Waals surface area contributed by atoms with Gasteiger partial charge in [-0.15, -0.1) is 0 Å². The van der Waals surface area contributed by atoms with Gasteiger partial charge in [-0.05, 0) is 53.1 Å². The second-order valence-corrected chi connectivity index (χ2v) is 9.63. The number of nitrogens with one attached hydrogen (secondary N) is 4. The molecule has 0 aromatic heterocycles. The Hall–Kier alpha value is -1.55. The molecule has 5 N–H and O–H groups in total. The van der Waals surface area contributed by atoms with Crippen LogP contribution in [0.3, 0.4) is 0 Å². The third-order valence-corrected chi connectivity index (χ3v) is 7.18. The van der Waals surface area contributed by atoms with Gasteiger partial charge in [0.05, 0.1) is 6.17 Å². The van der Waals surface area contributed by atoms with E-state index in [2.05, 4.69) is 77.7 Å². The molecule has 32 heavy (non-hydrogen) atoms. The van der Waals surface area contributed by atoms with E-state index in [1.807, 2.05) is 6.08 Å². The van der Waals surface area contributed by atoms with E-state index in [4.69, 9.17) is 0 Å². The molecule has 2 aliphatic heterocycles. The van der Waals surface area contributed by atoms with Crippen LogP contribution in [0.2, 0.25) is 0 Å². The fraction of sp³-hybridized carbons (Fsp3) is 0.708. The Morgan fingerprint density at radius 1 is 1.34 bits per heavy atom. The Kier molecular flexibility index (Phi) is 9.04. The standard InChI is InChI=1S/C24H42N6O2/c1-6-16(2)17(3)13-20-15-26-21-22(27-24(32)28-23(21)31)30(20)12-11-25-14-18-7-9-19(10-8-18)29(4)5/h6-7,9,18-22,24-27,32H,1,8,10-15H2,2-5H3,(H,28,31)/b17-16-. The minimum absolute atomic E-state index is 0.157. The first-order valence-corrected chi connectivity index (χ1v) is 11.9. The van der Waals surface area contributed by atoms with Gasteiger partial charge in [-0.25, -0.2) is 0 Å². The summed E-state index contributed by atoms with van der Waals surface area (Å²) in [7, 11) is 4.27. The number of hydrogen-bond donors (Lipinski definition) is 5. The summed E-state index contributed by atoms with van der Waals surface area (Å²) in [5.41, 5.74) is 2.49. The maximum absolute atomic E-state index is 12.4. The number of allylic oxidation sites excluding steroid dienone is 2. The molecule has 0 spiro atoms. The maximum Gasteiger partial charge on any atom is 0.243 e. The smallest absolute Gasteiger partial charge is 0.243 e. The minimum Gasteiger partial charge on any atom is -0.361 e. The normalized spacial score (nSPS) is 34.1. The van der Waals surface area contributed by atoms with Crippen molar-refractivity contribution in [3.8, 4) is 0 Å². The summed E-state index contributed by atoms with van der Waals surface area (Å²) in [5, 5.41) is 22.8. The molecule has 6 atom stereocenters. The molecule has 2 fully saturated rings. The lowest BCUT2D eigenvalue weighted by Crippen LogP contribution is -2.77. The lowest BCUT2D eigenvalue weighted by molar-refractivity contribution is -0.139. The van der Waals surface area contributed by atoms with Crippen molar-refractivity contribution in [2.75, 3.05) is 40.3 Å². The Morgan fingerprint density at radius 2 is 2.12 bits per heavy atom. The second kappa shape index (κ2) is 11.5. The summed E-state index contributed by atoms with van der Waals surface area (Å²) < 4.78 is 0. The molecule has 1 aliphatic carbocycles. The first-order valence-electron chi connectivity index (χ1n) is 11.9. The third-order valence-electron chi connectivity index (χ3n) is 7.18. The summed E-state index contributed by atoms with van der Waals surface area (Å²) in [6.07, 6.45) is 8.60. The second-order valence-electron chi connectivity index (χ2n) is 9.63. The lowest BCUT2D eigenvalue weighted by Gasteiger charge is -2.49. The van der Waals surface area contributed by atoms with Gasteiger partial charge in [0.15, 0.2) is 6.35 Å². The quantitative estimate of drug-likeness (QED) is 0.198. The van der Waals surface area contributed by atoms with Crippen molar-refractivity contribution in [3.63, 3.8) is 0 Å². The van der Waals surface area contributed by atoms with Crippen molar-refractivity contribution in [2.24, 2.45) is 5.92 Å². The molecule has 8 nitrogen and oxygen atoms in total. The predicted octanol–water partition coefficient (Wildman–Crippen LogP) is 0.349. The molecule has 2 saturated heterocycles. The van der Waals surface area contributed by atoms with E-state index in [0.717, 1.165) is 32.6 Å². The molecule has 0 saturated carbocycles. The largest absolute Gasteiger partial charge is 0.361 e. The van der Waals surface area contributed by atoms with Crippen LogP contribution in [0, 0.1) is 5.92 Å². The van der Waals surface area contributed by atoms with Crippen molar-refractivity contribution >= 4 is 5.91 Å². The van der Waals surface area contributed by atoms with Crippen LogP contribution in [-0.4, -0.2) is 91.7 Å². The van der Waals surface area contributed by atoms with E-state index >= 15 is 0 Å². The van der Waals surface area contributed by atoms with E-state index in [1.165, 1.54) is 24.0 Å². The minimum atomic E-state index is -1.02. The molecule has 0 aromatic carbocycles. The average Bonchev–Trinajstić information content (AvgIpc) is 2.77. The number of hydrogen-bond acceptors (Lipinski definition) is 7. The SMILES string of the molecule is C=C/C(C)=C(/C)CC1CNC2C(=O)NC(O)NC2N1CCNCC1C=CC(N(C)C)CC1. The first-order chi connectivity index (χ1) is 15.3. The number of fused-ring (bicyclic) bond motifs is 1. The molecule has 3 aliphatic rings. The van der Waals surface area contributed by atoms with Gasteiger partial charge in [-0.3, -0.25) is 15.0 Å². The highest BCUT2D eigenvalue weighted by Crippen LogP contribution is 2.23. The molecular weight excluding hydrogens is 404 g/mol. The van der Waals surface area contributed by atoms with Crippen molar-refractivity contribution in [1.29, 1.82) is 0 Å². The van der Waals surface area contributed by atoms with Gasteiger partial charge in [0.1, 0.15) is 6.04 Å². The van der Waals surface area contributed by atoms with Gasteiger partial charge in [0.25, 0.3) is 0 Å². The van der Waals surface area contributed by atoms with Gasteiger partial charge in [-0.1, -0.05) is 36.0 Å². The van der Waals surface area contributed by atoms with Crippen LogP contribution in [0.1, 0.15) is 33.1 Å². The van der Waals surface area contributed by atoms with Crippen LogP contribution in [-0.2, 0) is 4.79 Å². The Balaban J connectivity index is 1.60. The molecule has 0 radical (unpaired) electrons. The molecule has 1 amide bonds. The third kappa shape index (κ3) is 6.27. The van der Waals surface area contributed by atoms with E-state index in [1.54, 1.807) is 0 Å². The summed E-state index contributed by atoms with van der Waals surface area (Å²) in [5.74, 6) is 0.411. The van der Waals surface area contributed by atoms with Gasteiger partial charge in [0, 0.05) is 38.3 Å². The predicted molar refractivity (Wildman–Crippen MR) is 129 cm³/mol. The fourth-order valence-corrected chi connectivity index (χ4v) is 4.92. The summed E-state index contributed by atoms with van der Waals surface area (Å²) in [6.45, 7) is 11.5. The highest BCUT2D eigenvalue weighted by molar-refractivity contribution is 5.83. The number of carbonyl (C=O) groups excluding carboxylic acids is 1. The van der Waals surface area contributed by atoms with Crippen molar-refractivity contribution in [2.45, 2.75) is 63.8 Å².